The number of nitrogens with zero attached hydrogens (tertiary/aromatic N) is 3. The van der Waals surface area contributed by atoms with E-state index in [0.717, 1.165) is 57.3 Å². The molecule has 0 radical (unpaired) electrons. The summed E-state index contributed by atoms with van der Waals surface area (Å²) in [6.07, 6.45) is 2.84. The Morgan fingerprint density at radius 2 is 1.71 bits per heavy atom. The van der Waals surface area contributed by atoms with Crippen LogP contribution in [0.4, 0.5) is 15.8 Å². The molecule has 0 saturated carbocycles. The van der Waals surface area contributed by atoms with Gasteiger partial charge < -0.3 is 10.2 Å². The summed E-state index contributed by atoms with van der Waals surface area (Å²) >= 11 is 0. The second-order valence-electron chi connectivity index (χ2n) is 10.6. The quantitative estimate of drug-likeness (QED) is 0.646. The first kappa shape index (κ1) is 23.2. The normalized spacial score (nSPS) is 26.1. The number of carbonyl (C=O) groups excluding carboxylic acids is 3. The molecule has 0 aromatic heterocycles. The molecule has 3 fully saturated rings. The lowest BCUT2D eigenvalue weighted by molar-refractivity contribution is -0.136. The Balaban J connectivity index is 1.35. The van der Waals surface area contributed by atoms with Crippen molar-refractivity contribution in [3.05, 3.63) is 23.5 Å². The van der Waals surface area contributed by atoms with Gasteiger partial charge in [0.1, 0.15) is 11.9 Å². The highest BCUT2D eigenvalue weighted by Crippen LogP contribution is 2.46. The highest BCUT2D eigenvalue weighted by Gasteiger charge is 2.49. The first-order chi connectivity index (χ1) is 16.3. The van der Waals surface area contributed by atoms with E-state index in [2.05, 4.69) is 20.4 Å². The number of carbonyl (C=O) groups is 3. The van der Waals surface area contributed by atoms with Crippen LogP contribution in [0, 0.1) is 11.7 Å². The zero-order valence-corrected chi connectivity index (χ0v) is 20.0. The third-order valence-electron chi connectivity index (χ3n) is 7.96. The van der Waals surface area contributed by atoms with Gasteiger partial charge in [-0.3, -0.25) is 29.5 Å². The van der Waals surface area contributed by atoms with Gasteiger partial charge >= 0.3 is 0 Å². The summed E-state index contributed by atoms with van der Waals surface area (Å²) in [5.41, 5.74) is 0.813. The summed E-state index contributed by atoms with van der Waals surface area (Å²) < 4.78 is 15.4. The van der Waals surface area contributed by atoms with Gasteiger partial charge in [-0.1, -0.05) is 0 Å². The summed E-state index contributed by atoms with van der Waals surface area (Å²) in [5.74, 6) is -0.723. The molecule has 184 valence electrons. The molecule has 3 amide bonds. The standard InChI is InChI=1S/C25H34FN5O3/c1-25(2)17-13-21(30-11-9-29(10-12-30)15-16-5-7-27-8-6-16)18(26)14-20(17)31(24(25)34)19-3-4-22(32)28-23(19)33/h13-14,16,19,27H,3-12,15H2,1-2H3,(H,28,32,33). The third kappa shape index (κ3) is 4.09. The van der Waals surface area contributed by atoms with E-state index in [-0.39, 0.29) is 30.5 Å². The molecular weight excluding hydrogens is 437 g/mol. The highest BCUT2D eigenvalue weighted by atomic mass is 19.1. The number of amides is 3. The maximum Gasteiger partial charge on any atom is 0.249 e. The number of piperazine rings is 1. The highest BCUT2D eigenvalue weighted by molar-refractivity contribution is 6.13. The average Bonchev–Trinajstić information content (AvgIpc) is 3.00. The van der Waals surface area contributed by atoms with Gasteiger partial charge in [0.2, 0.25) is 17.7 Å². The number of imide groups is 1. The van der Waals surface area contributed by atoms with Crippen LogP contribution in [0.25, 0.3) is 0 Å². The van der Waals surface area contributed by atoms with Crippen molar-refractivity contribution >= 4 is 29.1 Å². The van der Waals surface area contributed by atoms with Gasteiger partial charge in [0.15, 0.2) is 0 Å². The van der Waals surface area contributed by atoms with Crippen molar-refractivity contribution < 1.29 is 18.8 Å². The van der Waals surface area contributed by atoms with Crippen molar-refractivity contribution in [3.63, 3.8) is 0 Å². The summed E-state index contributed by atoms with van der Waals surface area (Å²) in [6.45, 7) is 10.2. The summed E-state index contributed by atoms with van der Waals surface area (Å²) in [4.78, 5) is 43.4. The van der Waals surface area contributed by atoms with Crippen molar-refractivity contribution in [2.75, 3.05) is 55.6 Å². The maximum absolute atomic E-state index is 15.4. The third-order valence-corrected chi connectivity index (χ3v) is 7.96. The molecule has 8 nitrogen and oxygen atoms in total. The Bertz CT molecular complexity index is 999. The predicted octanol–water partition coefficient (Wildman–Crippen LogP) is 1.38. The minimum atomic E-state index is -0.879. The van der Waals surface area contributed by atoms with Crippen LogP contribution in [-0.2, 0) is 19.8 Å². The summed E-state index contributed by atoms with van der Waals surface area (Å²) in [7, 11) is 0. The van der Waals surface area contributed by atoms with E-state index in [1.165, 1.54) is 23.8 Å². The second-order valence-corrected chi connectivity index (χ2v) is 10.6. The fourth-order valence-electron chi connectivity index (χ4n) is 5.86. The number of piperidine rings is 2. The van der Waals surface area contributed by atoms with Crippen LogP contribution in [0.3, 0.4) is 0 Å². The molecular formula is C25H34FN5O3. The summed E-state index contributed by atoms with van der Waals surface area (Å²) in [6, 6.07) is 2.41. The molecule has 1 atom stereocenters. The molecule has 4 aliphatic rings. The van der Waals surface area contributed by atoms with Crippen LogP contribution in [-0.4, -0.2) is 74.5 Å². The number of halogens is 1. The van der Waals surface area contributed by atoms with E-state index in [1.807, 2.05) is 13.8 Å². The number of hydrogen-bond acceptors (Lipinski definition) is 6. The smallest absolute Gasteiger partial charge is 0.249 e. The predicted molar refractivity (Wildman–Crippen MR) is 127 cm³/mol. The molecule has 34 heavy (non-hydrogen) atoms. The Morgan fingerprint density at radius 3 is 2.38 bits per heavy atom. The monoisotopic (exact) mass is 471 g/mol. The SMILES string of the molecule is CC1(C)C(=O)N(C2CCC(=O)NC2=O)c2cc(F)c(N3CCN(CC4CCNCC4)CC3)cc21. The van der Waals surface area contributed by atoms with Crippen molar-refractivity contribution in [2.45, 2.75) is 51.0 Å². The van der Waals surface area contributed by atoms with E-state index < -0.39 is 17.4 Å². The number of hydrogen-bond donors (Lipinski definition) is 2. The Hall–Kier alpha value is -2.52. The number of nitrogens with one attached hydrogen (secondary N) is 2. The molecule has 4 aliphatic heterocycles. The summed E-state index contributed by atoms with van der Waals surface area (Å²) in [5, 5.41) is 5.73. The van der Waals surface area contributed by atoms with Crippen molar-refractivity contribution in [3.8, 4) is 0 Å². The molecule has 0 bridgehead atoms. The molecule has 0 aliphatic carbocycles. The molecule has 1 aromatic rings. The number of anilines is 2. The van der Waals surface area contributed by atoms with Gasteiger partial charge in [-0.15, -0.1) is 0 Å². The average molecular weight is 472 g/mol. The number of benzene rings is 1. The molecule has 1 aromatic carbocycles. The Morgan fingerprint density at radius 1 is 1.00 bits per heavy atom. The molecule has 2 N–H and O–H groups in total. The minimum absolute atomic E-state index is 0.165. The van der Waals surface area contributed by atoms with Gasteiger partial charge in [0.25, 0.3) is 0 Å². The van der Waals surface area contributed by atoms with Gasteiger partial charge in [0.05, 0.1) is 16.8 Å². The lowest BCUT2D eigenvalue weighted by atomic mass is 9.85. The van der Waals surface area contributed by atoms with Crippen LogP contribution in [0.5, 0.6) is 0 Å². The van der Waals surface area contributed by atoms with Crippen LogP contribution in [0.2, 0.25) is 0 Å². The molecule has 3 saturated heterocycles. The number of fused-ring (bicyclic) bond motifs is 1. The first-order valence-corrected chi connectivity index (χ1v) is 12.4. The van der Waals surface area contributed by atoms with E-state index in [0.29, 0.717) is 11.4 Å². The van der Waals surface area contributed by atoms with Crippen LogP contribution < -0.4 is 20.4 Å². The van der Waals surface area contributed by atoms with Gasteiger partial charge in [-0.25, -0.2) is 4.39 Å². The molecule has 1 unspecified atom stereocenters. The number of rotatable bonds is 4. The van der Waals surface area contributed by atoms with Crippen LogP contribution >= 0.6 is 0 Å². The van der Waals surface area contributed by atoms with Crippen molar-refractivity contribution in [1.82, 2.24) is 15.5 Å². The fraction of sp³-hybridized carbons (Fsp3) is 0.640. The van der Waals surface area contributed by atoms with Gasteiger partial charge in [0, 0.05) is 45.2 Å². The van der Waals surface area contributed by atoms with E-state index in [9.17, 15) is 14.4 Å². The molecule has 4 heterocycles. The largest absolute Gasteiger partial charge is 0.367 e. The lowest BCUT2D eigenvalue weighted by Crippen LogP contribution is -2.55. The molecule has 5 rings (SSSR count). The van der Waals surface area contributed by atoms with E-state index >= 15 is 4.39 Å². The van der Waals surface area contributed by atoms with Crippen LogP contribution in [0.15, 0.2) is 12.1 Å². The van der Waals surface area contributed by atoms with Crippen molar-refractivity contribution in [2.24, 2.45) is 5.92 Å². The Labute approximate surface area is 199 Å². The lowest BCUT2D eigenvalue weighted by Gasteiger charge is -2.38. The van der Waals surface area contributed by atoms with Crippen molar-refractivity contribution in [1.29, 1.82) is 0 Å². The maximum atomic E-state index is 15.4. The van der Waals surface area contributed by atoms with Gasteiger partial charge in [-0.2, -0.15) is 0 Å². The topological polar surface area (TPSA) is 85.0 Å². The van der Waals surface area contributed by atoms with E-state index in [1.54, 1.807) is 6.07 Å². The second kappa shape index (κ2) is 8.92. The van der Waals surface area contributed by atoms with Crippen LogP contribution in [0.1, 0.15) is 45.1 Å². The molecule has 0 spiro atoms. The van der Waals surface area contributed by atoms with Gasteiger partial charge in [-0.05, 0) is 63.7 Å². The first-order valence-electron chi connectivity index (χ1n) is 12.4. The minimum Gasteiger partial charge on any atom is -0.367 e. The van der Waals surface area contributed by atoms with E-state index in [4.69, 9.17) is 0 Å². The zero-order valence-electron chi connectivity index (χ0n) is 20.0. The fourth-order valence-corrected chi connectivity index (χ4v) is 5.86. The molecule has 9 heteroatoms. The zero-order chi connectivity index (χ0) is 24.0. The Kier molecular flexibility index (Phi) is 6.10.